The van der Waals surface area contributed by atoms with Gasteiger partial charge in [-0.05, 0) is 37.0 Å². The van der Waals surface area contributed by atoms with Crippen LogP contribution in [-0.2, 0) is 0 Å². The number of para-hydroxylation sites is 1. The van der Waals surface area contributed by atoms with Crippen LogP contribution in [0.5, 0.6) is 0 Å². The molecule has 0 saturated carbocycles. The third-order valence-corrected chi connectivity index (χ3v) is 4.02. The number of aryl methyl sites for hydroxylation is 1. The summed E-state index contributed by atoms with van der Waals surface area (Å²) in [5.41, 5.74) is 2.57. The van der Waals surface area contributed by atoms with Crippen LogP contribution in [0.15, 0.2) is 42.5 Å². The van der Waals surface area contributed by atoms with Crippen molar-refractivity contribution in [2.24, 2.45) is 0 Å². The maximum Gasteiger partial charge on any atom is 0.273 e. The van der Waals surface area contributed by atoms with E-state index in [2.05, 4.69) is 19.2 Å². The predicted octanol–water partition coefficient (Wildman–Crippen LogP) is 4.67. The third kappa shape index (κ3) is 3.74. The lowest BCUT2D eigenvalue weighted by Gasteiger charge is -2.15. The minimum atomic E-state index is -0.473. The quantitative estimate of drug-likeness (QED) is 0.644. The molecule has 0 aliphatic heterocycles. The van der Waals surface area contributed by atoms with Crippen molar-refractivity contribution < 1.29 is 9.72 Å². The van der Waals surface area contributed by atoms with Gasteiger partial charge in [0.2, 0.25) is 0 Å². The number of benzene rings is 2. The van der Waals surface area contributed by atoms with E-state index in [0.29, 0.717) is 11.5 Å². The molecular formula is C18H20N2O3. The first-order valence-electron chi connectivity index (χ1n) is 7.59. The minimum Gasteiger partial charge on any atom is -0.322 e. The standard InChI is InChI=1S/C18H20N2O3/c1-4-12(2)15-7-5-6-8-16(15)19-18(21)14-10-9-13(3)17(11-14)20(22)23/h5-12H,4H2,1-3H3,(H,19,21). The third-order valence-electron chi connectivity index (χ3n) is 4.02. The van der Waals surface area contributed by atoms with Crippen molar-refractivity contribution in [2.75, 3.05) is 5.32 Å². The fourth-order valence-electron chi connectivity index (χ4n) is 2.40. The van der Waals surface area contributed by atoms with E-state index in [1.54, 1.807) is 19.1 Å². The fraction of sp³-hybridized carbons (Fsp3) is 0.278. The molecule has 5 nitrogen and oxygen atoms in total. The summed E-state index contributed by atoms with van der Waals surface area (Å²) in [6.45, 7) is 5.84. The average molecular weight is 312 g/mol. The molecule has 0 aromatic heterocycles. The molecular weight excluding hydrogens is 292 g/mol. The first-order valence-corrected chi connectivity index (χ1v) is 7.59. The molecule has 2 rings (SSSR count). The molecule has 1 unspecified atom stereocenters. The maximum absolute atomic E-state index is 12.4. The highest BCUT2D eigenvalue weighted by Gasteiger charge is 2.16. The summed E-state index contributed by atoms with van der Waals surface area (Å²) in [7, 11) is 0. The summed E-state index contributed by atoms with van der Waals surface area (Å²) in [5, 5.41) is 13.9. The number of amides is 1. The van der Waals surface area contributed by atoms with Gasteiger partial charge in [-0.2, -0.15) is 0 Å². The SMILES string of the molecule is CCC(C)c1ccccc1NC(=O)c1ccc(C)c([N+](=O)[O-])c1. The monoisotopic (exact) mass is 312 g/mol. The molecule has 0 aliphatic carbocycles. The van der Waals surface area contributed by atoms with Crippen LogP contribution in [0.3, 0.4) is 0 Å². The lowest BCUT2D eigenvalue weighted by Crippen LogP contribution is -2.14. The molecule has 1 atom stereocenters. The van der Waals surface area contributed by atoms with Gasteiger partial charge in [0.05, 0.1) is 4.92 Å². The van der Waals surface area contributed by atoms with Crippen molar-refractivity contribution in [3.8, 4) is 0 Å². The first-order chi connectivity index (χ1) is 10.9. The van der Waals surface area contributed by atoms with Gasteiger partial charge in [-0.3, -0.25) is 14.9 Å². The van der Waals surface area contributed by atoms with E-state index in [-0.39, 0.29) is 17.2 Å². The second-order valence-electron chi connectivity index (χ2n) is 5.61. The van der Waals surface area contributed by atoms with E-state index in [4.69, 9.17) is 0 Å². The second kappa shape index (κ2) is 7.05. The zero-order chi connectivity index (χ0) is 17.0. The van der Waals surface area contributed by atoms with Crippen LogP contribution < -0.4 is 5.32 Å². The van der Waals surface area contributed by atoms with Crippen molar-refractivity contribution in [2.45, 2.75) is 33.1 Å². The molecule has 0 saturated heterocycles. The topological polar surface area (TPSA) is 72.2 Å². The zero-order valence-corrected chi connectivity index (χ0v) is 13.5. The van der Waals surface area contributed by atoms with Gasteiger partial charge in [-0.15, -0.1) is 0 Å². The lowest BCUT2D eigenvalue weighted by molar-refractivity contribution is -0.385. The summed E-state index contributed by atoms with van der Waals surface area (Å²) in [4.78, 5) is 23.0. The molecule has 5 heteroatoms. The van der Waals surface area contributed by atoms with Gasteiger partial charge in [0.25, 0.3) is 11.6 Å². The molecule has 2 aromatic rings. The lowest BCUT2D eigenvalue weighted by atomic mass is 9.96. The molecule has 23 heavy (non-hydrogen) atoms. The molecule has 0 spiro atoms. The number of nitro groups is 1. The van der Waals surface area contributed by atoms with Crippen molar-refractivity contribution in [3.63, 3.8) is 0 Å². The summed E-state index contributed by atoms with van der Waals surface area (Å²) in [5.74, 6) is -0.0253. The van der Waals surface area contributed by atoms with E-state index in [0.717, 1.165) is 17.7 Å². The Balaban J connectivity index is 2.30. The largest absolute Gasteiger partial charge is 0.322 e. The summed E-state index contributed by atoms with van der Waals surface area (Å²) >= 11 is 0. The van der Waals surface area contributed by atoms with Crippen LogP contribution in [0.2, 0.25) is 0 Å². The number of anilines is 1. The highest BCUT2D eigenvalue weighted by Crippen LogP contribution is 2.27. The Bertz CT molecular complexity index is 741. The Morgan fingerprint density at radius 2 is 1.96 bits per heavy atom. The van der Waals surface area contributed by atoms with Crippen molar-refractivity contribution in [3.05, 3.63) is 69.3 Å². The van der Waals surface area contributed by atoms with Crippen LogP contribution in [0.25, 0.3) is 0 Å². The van der Waals surface area contributed by atoms with Gasteiger partial charge >= 0.3 is 0 Å². The Labute approximate surface area is 135 Å². The van der Waals surface area contributed by atoms with Gasteiger partial charge in [-0.1, -0.05) is 38.1 Å². The number of nitrogens with one attached hydrogen (secondary N) is 1. The Hall–Kier alpha value is -2.69. The smallest absolute Gasteiger partial charge is 0.273 e. The second-order valence-corrected chi connectivity index (χ2v) is 5.61. The predicted molar refractivity (Wildman–Crippen MR) is 90.9 cm³/mol. The van der Waals surface area contributed by atoms with Crippen LogP contribution in [0.4, 0.5) is 11.4 Å². The Morgan fingerprint density at radius 3 is 2.61 bits per heavy atom. The van der Waals surface area contributed by atoms with Crippen LogP contribution in [0.1, 0.15) is 47.7 Å². The number of nitrogens with zero attached hydrogens (tertiary/aromatic N) is 1. The highest BCUT2D eigenvalue weighted by molar-refractivity contribution is 6.05. The number of rotatable bonds is 5. The van der Waals surface area contributed by atoms with Gasteiger partial charge in [0.15, 0.2) is 0 Å². The van der Waals surface area contributed by atoms with E-state index in [9.17, 15) is 14.9 Å². The molecule has 1 N–H and O–H groups in total. The van der Waals surface area contributed by atoms with Gasteiger partial charge in [-0.25, -0.2) is 0 Å². The fourth-order valence-corrected chi connectivity index (χ4v) is 2.40. The summed E-state index contributed by atoms with van der Waals surface area (Å²) in [6.07, 6.45) is 0.961. The molecule has 1 amide bonds. The molecule has 0 bridgehead atoms. The highest BCUT2D eigenvalue weighted by atomic mass is 16.6. The number of nitro benzene ring substituents is 1. The minimum absolute atomic E-state index is 0.0483. The first kappa shape index (κ1) is 16.7. The van der Waals surface area contributed by atoms with Gasteiger partial charge < -0.3 is 5.32 Å². The molecule has 120 valence electrons. The van der Waals surface area contributed by atoms with Crippen LogP contribution >= 0.6 is 0 Å². The van der Waals surface area contributed by atoms with E-state index in [1.807, 2.05) is 24.3 Å². The molecule has 0 heterocycles. The van der Waals surface area contributed by atoms with Crippen LogP contribution in [0, 0.1) is 17.0 Å². The average Bonchev–Trinajstić information content (AvgIpc) is 2.54. The zero-order valence-electron chi connectivity index (χ0n) is 13.5. The van der Waals surface area contributed by atoms with Crippen molar-refractivity contribution in [1.29, 1.82) is 0 Å². The molecule has 0 radical (unpaired) electrons. The van der Waals surface area contributed by atoms with Crippen molar-refractivity contribution >= 4 is 17.3 Å². The Morgan fingerprint density at radius 1 is 1.26 bits per heavy atom. The van der Waals surface area contributed by atoms with Gasteiger partial charge in [0, 0.05) is 22.9 Å². The van der Waals surface area contributed by atoms with E-state index >= 15 is 0 Å². The number of hydrogen-bond donors (Lipinski definition) is 1. The number of carbonyl (C=O) groups excluding carboxylic acids is 1. The number of hydrogen-bond acceptors (Lipinski definition) is 3. The van der Waals surface area contributed by atoms with E-state index in [1.165, 1.54) is 6.07 Å². The van der Waals surface area contributed by atoms with Crippen LogP contribution in [-0.4, -0.2) is 10.8 Å². The number of carbonyl (C=O) groups is 1. The van der Waals surface area contributed by atoms with Gasteiger partial charge in [0.1, 0.15) is 0 Å². The summed E-state index contributed by atoms with van der Waals surface area (Å²) in [6, 6.07) is 12.1. The molecule has 2 aromatic carbocycles. The maximum atomic E-state index is 12.4. The normalized spacial score (nSPS) is 11.8. The van der Waals surface area contributed by atoms with E-state index < -0.39 is 4.92 Å². The molecule has 0 fully saturated rings. The molecule has 0 aliphatic rings. The Kier molecular flexibility index (Phi) is 5.11. The van der Waals surface area contributed by atoms with Crippen molar-refractivity contribution in [1.82, 2.24) is 0 Å². The summed E-state index contributed by atoms with van der Waals surface area (Å²) < 4.78 is 0.